The van der Waals surface area contributed by atoms with Crippen LogP contribution >= 0.6 is 0 Å². The first-order valence-electron chi connectivity index (χ1n) is 14.3. The number of aliphatic hydroxyl groups excluding tert-OH is 1. The highest BCUT2D eigenvalue weighted by atomic mass is 16.5. The van der Waals surface area contributed by atoms with E-state index in [-0.39, 0.29) is 11.3 Å². The maximum Gasteiger partial charge on any atom is 0.295 e. The Morgan fingerprint density at radius 3 is 2.32 bits per heavy atom. The Kier molecular flexibility index (Phi) is 9.84. The number of benzene rings is 3. The van der Waals surface area contributed by atoms with Crippen molar-refractivity contribution in [1.82, 2.24) is 9.80 Å². The number of hydrogen-bond donors (Lipinski definition) is 1. The first kappa shape index (κ1) is 29.9. The van der Waals surface area contributed by atoms with E-state index in [2.05, 4.69) is 32.6 Å². The third kappa shape index (κ3) is 6.98. The van der Waals surface area contributed by atoms with Gasteiger partial charge in [0, 0.05) is 18.7 Å². The molecule has 1 saturated heterocycles. The minimum absolute atomic E-state index is 0.0710. The van der Waals surface area contributed by atoms with Gasteiger partial charge in [-0.05, 0) is 79.5 Å². The molecule has 1 aliphatic rings. The molecule has 0 radical (unpaired) electrons. The monoisotopic (exact) mass is 556 g/mol. The fourth-order valence-electron chi connectivity index (χ4n) is 4.99. The maximum absolute atomic E-state index is 13.5. The number of likely N-dealkylation sites (N-methyl/N-ethyl adjacent to an activating group) is 1. The molecule has 1 amide bonds. The molecule has 1 fully saturated rings. The third-order valence-electron chi connectivity index (χ3n) is 7.26. The number of ketones is 1. The van der Waals surface area contributed by atoms with Crippen LogP contribution in [0.15, 0.2) is 78.4 Å². The second-order valence-electron chi connectivity index (χ2n) is 10.7. The Morgan fingerprint density at radius 2 is 1.66 bits per heavy atom. The number of aliphatic hydroxyl groups is 1. The van der Waals surface area contributed by atoms with Crippen molar-refractivity contribution in [1.29, 1.82) is 0 Å². The summed E-state index contributed by atoms with van der Waals surface area (Å²) in [6.07, 6.45) is 0. The number of hydrogen-bond acceptors (Lipinski definition) is 6. The number of Topliss-reactive ketones (excluding diaryl/α,β-unsaturated/α-hetero) is 1. The highest BCUT2D eigenvalue weighted by molar-refractivity contribution is 6.46. The zero-order chi connectivity index (χ0) is 29.5. The second kappa shape index (κ2) is 13.5. The van der Waals surface area contributed by atoms with Gasteiger partial charge in [0.25, 0.3) is 11.7 Å². The number of nitrogens with zero attached hydrogens (tertiary/aromatic N) is 2. The SMILES string of the molecule is CCN(CC)CCN1C(=O)C(=O)/C(=C(/O)c2ccc(OCC(C)C)c(C)c2)[C@H]1c1cccc(Oc2ccccc2)c1. The fraction of sp³-hybridized carbons (Fsp3) is 0.353. The molecule has 1 atom stereocenters. The quantitative estimate of drug-likeness (QED) is 0.154. The van der Waals surface area contributed by atoms with Crippen molar-refractivity contribution in [3.05, 3.63) is 95.1 Å². The zero-order valence-electron chi connectivity index (χ0n) is 24.6. The molecule has 41 heavy (non-hydrogen) atoms. The highest BCUT2D eigenvalue weighted by Gasteiger charge is 2.46. The molecule has 0 bridgehead atoms. The average molecular weight is 557 g/mol. The van der Waals surface area contributed by atoms with Gasteiger partial charge in [0.1, 0.15) is 23.0 Å². The van der Waals surface area contributed by atoms with E-state index in [1.807, 2.05) is 61.5 Å². The Morgan fingerprint density at radius 1 is 0.951 bits per heavy atom. The molecule has 4 rings (SSSR count). The number of likely N-dealkylation sites (tertiary alicyclic amines) is 1. The smallest absolute Gasteiger partial charge is 0.295 e. The molecule has 0 aliphatic carbocycles. The van der Waals surface area contributed by atoms with Crippen molar-refractivity contribution in [2.45, 2.75) is 40.7 Å². The van der Waals surface area contributed by atoms with Gasteiger partial charge >= 0.3 is 0 Å². The van der Waals surface area contributed by atoms with Crippen LogP contribution in [0.3, 0.4) is 0 Å². The number of carbonyl (C=O) groups excluding carboxylic acids is 2. The molecule has 1 N–H and O–H groups in total. The summed E-state index contributed by atoms with van der Waals surface area (Å²) >= 11 is 0. The lowest BCUT2D eigenvalue weighted by Gasteiger charge is -2.28. The lowest BCUT2D eigenvalue weighted by Crippen LogP contribution is -2.38. The van der Waals surface area contributed by atoms with Crippen LogP contribution in [-0.2, 0) is 9.59 Å². The Bertz CT molecular complexity index is 1400. The standard InChI is InChI=1S/C34H40N2O5/c1-6-35(7-2)18-19-36-31(25-12-11-15-28(21-25)41-27-13-9-8-10-14-27)30(33(38)34(36)39)32(37)26-16-17-29(24(5)20-26)40-22-23(3)4/h8-17,20-21,23,31,37H,6-7,18-19,22H2,1-5H3/b32-30+/t31-/m1/s1. The summed E-state index contributed by atoms with van der Waals surface area (Å²) in [4.78, 5) is 30.7. The highest BCUT2D eigenvalue weighted by Crippen LogP contribution is 2.41. The predicted octanol–water partition coefficient (Wildman–Crippen LogP) is 6.59. The van der Waals surface area contributed by atoms with Gasteiger partial charge in [0.15, 0.2) is 0 Å². The van der Waals surface area contributed by atoms with E-state index in [4.69, 9.17) is 9.47 Å². The molecule has 0 unspecified atom stereocenters. The van der Waals surface area contributed by atoms with E-state index < -0.39 is 17.7 Å². The summed E-state index contributed by atoms with van der Waals surface area (Å²) in [5, 5.41) is 11.6. The van der Waals surface area contributed by atoms with Crippen LogP contribution in [0.25, 0.3) is 5.76 Å². The topological polar surface area (TPSA) is 79.3 Å². The van der Waals surface area contributed by atoms with Gasteiger partial charge in [0.2, 0.25) is 0 Å². The van der Waals surface area contributed by atoms with E-state index in [0.717, 1.165) is 24.4 Å². The van der Waals surface area contributed by atoms with Gasteiger partial charge in [-0.25, -0.2) is 0 Å². The minimum Gasteiger partial charge on any atom is -0.507 e. The molecule has 7 nitrogen and oxygen atoms in total. The molecule has 0 spiro atoms. The Hall–Kier alpha value is -4.10. The van der Waals surface area contributed by atoms with Gasteiger partial charge in [-0.2, -0.15) is 0 Å². The molecule has 7 heteroatoms. The van der Waals surface area contributed by atoms with Crippen LogP contribution in [0.2, 0.25) is 0 Å². The van der Waals surface area contributed by atoms with Crippen LogP contribution in [0, 0.1) is 12.8 Å². The number of carbonyl (C=O) groups is 2. The molecule has 1 heterocycles. The van der Waals surface area contributed by atoms with Crippen molar-refractivity contribution in [2.24, 2.45) is 5.92 Å². The third-order valence-corrected chi connectivity index (χ3v) is 7.26. The van der Waals surface area contributed by atoms with E-state index in [1.54, 1.807) is 23.1 Å². The summed E-state index contributed by atoms with van der Waals surface area (Å²) in [5.41, 5.74) is 2.05. The fourth-order valence-corrected chi connectivity index (χ4v) is 4.99. The van der Waals surface area contributed by atoms with E-state index in [9.17, 15) is 14.7 Å². The lowest BCUT2D eigenvalue weighted by atomic mass is 9.94. The van der Waals surface area contributed by atoms with Crippen LogP contribution in [0.5, 0.6) is 17.2 Å². The van der Waals surface area contributed by atoms with Crippen LogP contribution in [0.1, 0.15) is 50.4 Å². The number of aryl methyl sites for hydroxylation is 1. The van der Waals surface area contributed by atoms with E-state index in [0.29, 0.717) is 48.2 Å². The maximum atomic E-state index is 13.5. The normalized spacial score (nSPS) is 16.6. The Balaban J connectivity index is 1.76. The average Bonchev–Trinajstić information content (AvgIpc) is 3.22. The molecule has 0 saturated carbocycles. The number of rotatable bonds is 12. The first-order valence-corrected chi connectivity index (χ1v) is 14.3. The first-order chi connectivity index (χ1) is 19.7. The summed E-state index contributed by atoms with van der Waals surface area (Å²) in [7, 11) is 0. The molecule has 216 valence electrons. The van der Waals surface area contributed by atoms with Crippen molar-refractivity contribution >= 4 is 17.4 Å². The van der Waals surface area contributed by atoms with Crippen LogP contribution in [0.4, 0.5) is 0 Å². The van der Waals surface area contributed by atoms with Gasteiger partial charge in [0.05, 0.1) is 18.2 Å². The van der Waals surface area contributed by atoms with Crippen molar-refractivity contribution in [3.8, 4) is 17.2 Å². The lowest BCUT2D eigenvalue weighted by molar-refractivity contribution is -0.140. The van der Waals surface area contributed by atoms with Gasteiger partial charge in [-0.15, -0.1) is 0 Å². The van der Waals surface area contributed by atoms with Gasteiger partial charge < -0.3 is 24.4 Å². The molecule has 1 aliphatic heterocycles. The van der Waals surface area contributed by atoms with Crippen LogP contribution < -0.4 is 9.47 Å². The van der Waals surface area contributed by atoms with Crippen molar-refractivity contribution < 1.29 is 24.2 Å². The minimum atomic E-state index is -0.762. The predicted molar refractivity (Wildman–Crippen MR) is 161 cm³/mol. The summed E-state index contributed by atoms with van der Waals surface area (Å²) in [6.45, 7) is 13.4. The van der Waals surface area contributed by atoms with E-state index in [1.165, 1.54) is 0 Å². The van der Waals surface area contributed by atoms with Crippen molar-refractivity contribution in [2.75, 3.05) is 32.8 Å². The summed E-state index contributed by atoms with van der Waals surface area (Å²) in [6, 6.07) is 21.3. The number of para-hydroxylation sites is 1. The molecular weight excluding hydrogens is 516 g/mol. The second-order valence-corrected chi connectivity index (χ2v) is 10.7. The van der Waals surface area contributed by atoms with E-state index >= 15 is 0 Å². The summed E-state index contributed by atoms with van der Waals surface area (Å²) in [5.74, 6) is 0.826. The number of ether oxygens (including phenoxy) is 2. The molecular formula is C34H40N2O5. The van der Waals surface area contributed by atoms with Gasteiger partial charge in [-0.1, -0.05) is 58.0 Å². The molecule has 3 aromatic carbocycles. The summed E-state index contributed by atoms with van der Waals surface area (Å²) < 4.78 is 12.0. The Labute approximate surface area is 243 Å². The largest absolute Gasteiger partial charge is 0.507 e. The van der Waals surface area contributed by atoms with Gasteiger partial charge in [-0.3, -0.25) is 9.59 Å². The molecule has 0 aromatic heterocycles. The molecule has 3 aromatic rings. The van der Waals surface area contributed by atoms with Crippen LogP contribution in [-0.4, -0.2) is 59.4 Å². The van der Waals surface area contributed by atoms with Crippen molar-refractivity contribution in [3.63, 3.8) is 0 Å². The number of amides is 1. The zero-order valence-corrected chi connectivity index (χ0v) is 24.6.